The van der Waals surface area contributed by atoms with Gasteiger partial charge in [-0.2, -0.15) is 0 Å². The van der Waals surface area contributed by atoms with Gasteiger partial charge in [0.25, 0.3) is 5.95 Å². The summed E-state index contributed by atoms with van der Waals surface area (Å²) in [5.41, 5.74) is 0.120. The summed E-state index contributed by atoms with van der Waals surface area (Å²) in [6.07, 6.45) is -0.445. The highest BCUT2D eigenvalue weighted by Crippen LogP contribution is 2.29. The largest absolute Gasteiger partial charge is 0.468 e. The van der Waals surface area contributed by atoms with Crippen LogP contribution in [0.3, 0.4) is 0 Å². The number of nitrogens with zero attached hydrogens (tertiary/aromatic N) is 1. The number of benzene rings is 1. The molecule has 0 spiro atoms. The lowest BCUT2D eigenvalue weighted by Crippen LogP contribution is -2.36. The monoisotopic (exact) mass is 381 g/mol. The van der Waals surface area contributed by atoms with Gasteiger partial charge < -0.3 is 13.9 Å². The fourth-order valence-electron chi connectivity index (χ4n) is 1.94. The SMILES string of the molecule is COc1ccc(CN(C(=O)OC(C)(C)C)c2ccccc2Br)o1. The van der Waals surface area contributed by atoms with Crippen molar-refractivity contribution in [1.29, 1.82) is 0 Å². The van der Waals surface area contributed by atoms with Gasteiger partial charge in [-0.05, 0) is 54.9 Å². The second-order valence-corrected chi connectivity index (χ2v) is 6.80. The summed E-state index contributed by atoms with van der Waals surface area (Å²) in [4.78, 5) is 14.1. The van der Waals surface area contributed by atoms with Crippen molar-refractivity contribution in [3.8, 4) is 5.95 Å². The van der Waals surface area contributed by atoms with Gasteiger partial charge >= 0.3 is 6.09 Å². The van der Waals surface area contributed by atoms with Gasteiger partial charge in [0.1, 0.15) is 11.4 Å². The van der Waals surface area contributed by atoms with Crippen LogP contribution in [0.15, 0.2) is 45.3 Å². The number of carbonyl (C=O) groups is 1. The first-order valence-corrected chi connectivity index (χ1v) is 7.97. The van der Waals surface area contributed by atoms with Crippen LogP contribution >= 0.6 is 15.9 Å². The molecule has 0 atom stereocenters. The van der Waals surface area contributed by atoms with Crippen LogP contribution in [0, 0.1) is 0 Å². The highest BCUT2D eigenvalue weighted by Gasteiger charge is 2.25. The molecule has 2 rings (SSSR count). The molecule has 2 aromatic rings. The predicted octanol–water partition coefficient (Wildman–Crippen LogP) is 4.99. The van der Waals surface area contributed by atoms with Gasteiger partial charge in [0.05, 0.1) is 19.3 Å². The molecule has 6 heteroatoms. The first kappa shape index (κ1) is 17.4. The lowest BCUT2D eigenvalue weighted by Gasteiger charge is -2.27. The topological polar surface area (TPSA) is 51.9 Å². The zero-order valence-electron chi connectivity index (χ0n) is 13.6. The van der Waals surface area contributed by atoms with E-state index < -0.39 is 11.7 Å². The number of hydrogen-bond acceptors (Lipinski definition) is 4. The maximum atomic E-state index is 12.6. The van der Waals surface area contributed by atoms with Crippen LogP contribution < -0.4 is 9.64 Å². The summed E-state index contributed by atoms with van der Waals surface area (Å²) in [5.74, 6) is 1.000. The number of para-hydroxylation sites is 1. The van der Waals surface area contributed by atoms with E-state index in [1.54, 1.807) is 12.1 Å². The van der Waals surface area contributed by atoms with E-state index in [1.807, 2.05) is 45.0 Å². The van der Waals surface area contributed by atoms with Gasteiger partial charge in [-0.3, -0.25) is 4.90 Å². The minimum atomic E-state index is -0.586. The third-order valence-corrected chi connectivity index (χ3v) is 3.58. The highest BCUT2D eigenvalue weighted by molar-refractivity contribution is 9.10. The third-order valence-electron chi connectivity index (χ3n) is 2.91. The van der Waals surface area contributed by atoms with Crippen molar-refractivity contribution >= 4 is 27.7 Å². The van der Waals surface area contributed by atoms with Crippen LogP contribution in [0.2, 0.25) is 0 Å². The van der Waals surface area contributed by atoms with Gasteiger partial charge in [-0.25, -0.2) is 4.79 Å². The van der Waals surface area contributed by atoms with E-state index in [4.69, 9.17) is 13.9 Å². The Kier molecular flexibility index (Phi) is 5.36. The minimum Gasteiger partial charge on any atom is -0.468 e. The fraction of sp³-hybridized carbons (Fsp3) is 0.353. The van der Waals surface area contributed by atoms with Crippen molar-refractivity contribution < 1.29 is 18.7 Å². The van der Waals surface area contributed by atoms with Crippen LogP contribution in [0.25, 0.3) is 0 Å². The lowest BCUT2D eigenvalue weighted by molar-refractivity contribution is 0.0574. The molecule has 0 N–H and O–H groups in total. The summed E-state index contributed by atoms with van der Waals surface area (Å²) in [6, 6.07) is 10.9. The summed E-state index contributed by atoms with van der Waals surface area (Å²) in [7, 11) is 1.53. The molecule has 0 fully saturated rings. The quantitative estimate of drug-likeness (QED) is 0.748. The molecular formula is C17H20BrNO4. The van der Waals surface area contributed by atoms with E-state index in [0.717, 1.165) is 4.47 Å². The Morgan fingerprint density at radius 2 is 1.91 bits per heavy atom. The third kappa shape index (κ3) is 4.76. The molecule has 0 unspecified atom stereocenters. The number of halogens is 1. The summed E-state index contributed by atoms with van der Waals surface area (Å²) >= 11 is 3.47. The average Bonchev–Trinajstić information content (AvgIpc) is 2.91. The maximum Gasteiger partial charge on any atom is 0.415 e. The molecule has 0 aliphatic carbocycles. The van der Waals surface area contributed by atoms with E-state index >= 15 is 0 Å². The Morgan fingerprint density at radius 3 is 2.48 bits per heavy atom. The molecule has 0 saturated heterocycles. The number of carbonyl (C=O) groups excluding carboxylic acids is 1. The molecule has 0 bridgehead atoms. The van der Waals surface area contributed by atoms with Crippen LogP contribution in [-0.4, -0.2) is 18.8 Å². The Morgan fingerprint density at radius 1 is 1.22 bits per heavy atom. The van der Waals surface area contributed by atoms with E-state index in [2.05, 4.69) is 15.9 Å². The minimum absolute atomic E-state index is 0.237. The molecule has 0 radical (unpaired) electrons. The zero-order chi connectivity index (χ0) is 17.0. The number of methoxy groups -OCH3 is 1. The molecule has 124 valence electrons. The molecule has 1 aromatic heterocycles. The van der Waals surface area contributed by atoms with Gasteiger partial charge in [0.15, 0.2) is 0 Å². The van der Waals surface area contributed by atoms with Gasteiger partial charge in [-0.1, -0.05) is 12.1 Å². The standard InChI is InChI=1S/C17H20BrNO4/c1-17(2,3)23-16(20)19(14-8-6-5-7-13(14)18)11-12-9-10-15(21-4)22-12/h5-10H,11H2,1-4H3. The first-order chi connectivity index (χ1) is 10.8. The van der Waals surface area contributed by atoms with Crippen molar-refractivity contribution in [2.75, 3.05) is 12.0 Å². The molecule has 0 aliphatic heterocycles. The normalized spacial score (nSPS) is 11.2. The second kappa shape index (κ2) is 7.08. The van der Waals surface area contributed by atoms with E-state index in [9.17, 15) is 4.79 Å². The van der Waals surface area contributed by atoms with E-state index in [1.165, 1.54) is 12.0 Å². The fourth-order valence-corrected chi connectivity index (χ4v) is 2.44. The van der Waals surface area contributed by atoms with Crippen molar-refractivity contribution in [3.63, 3.8) is 0 Å². The Hall–Kier alpha value is -1.95. The van der Waals surface area contributed by atoms with Crippen molar-refractivity contribution in [2.24, 2.45) is 0 Å². The molecule has 0 saturated carbocycles. The second-order valence-electron chi connectivity index (χ2n) is 5.94. The number of hydrogen-bond donors (Lipinski definition) is 0. The molecule has 1 heterocycles. The zero-order valence-corrected chi connectivity index (χ0v) is 15.2. The predicted molar refractivity (Wildman–Crippen MR) is 91.8 cm³/mol. The molecule has 0 aliphatic rings. The number of anilines is 1. The van der Waals surface area contributed by atoms with Gasteiger partial charge in [0.2, 0.25) is 0 Å². The molecular weight excluding hydrogens is 362 g/mol. The Bertz CT molecular complexity index is 675. The number of amides is 1. The average molecular weight is 382 g/mol. The van der Waals surface area contributed by atoms with Crippen molar-refractivity contribution in [2.45, 2.75) is 32.9 Å². The summed E-state index contributed by atoms with van der Waals surface area (Å²) in [5, 5.41) is 0. The lowest BCUT2D eigenvalue weighted by atomic mass is 10.2. The maximum absolute atomic E-state index is 12.6. The Labute approximate surface area is 144 Å². The van der Waals surface area contributed by atoms with Crippen LogP contribution in [0.1, 0.15) is 26.5 Å². The summed E-state index contributed by atoms with van der Waals surface area (Å²) in [6.45, 7) is 5.73. The van der Waals surface area contributed by atoms with Crippen LogP contribution in [-0.2, 0) is 11.3 Å². The van der Waals surface area contributed by atoms with Crippen molar-refractivity contribution in [1.82, 2.24) is 0 Å². The van der Waals surface area contributed by atoms with Gasteiger partial charge in [-0.15, -0.1) is 0 Å². The van der Waals surface area contributed by atoms with Gasteiger partial charge in [0, 0.05) is 10.5 Å². The number of furan rings is 1. The smallest absolute Gasteiger partial charge is 0.415 e. The molecule has 1 aromatic carbocycles. The van der Waals surface area contributed by atoms with Crippen molar-refractivity contribution in [3.05, 3.63) is 46.6 Å². The van der Waals surface area contributed by atoms with Crippen LogP contribution in [0.5, 0.6) is 5.95 Å². The Balaban J connectivity index is 2.31. The first-order valence-electron chi connectivity index (χ1n) is 7.18. The molecule has 5 nitrogen and oxygen atoms in total. The van der Waals surface area contributed by atoms with E-state index in [-0.39, 0.29) is 6.54 Å². The molecule has 23 heavy (non-hydrogen) atoms. The summed E-state index contributed by atoms with van der Waals surface area (Å²) < 4.78 is 16.9. The van der Waals surface area contributed by atoms with Crippen LogP contribution in [0.4, 0.5) is 10.5 Å². The highest BCUT2D eigenvalue weighted by atomic mass is 79.9. The number of rotatable bonds is 4. The molecule has 1 amide bonds. The van der Waals surface area contributed by atoms with E-state index in [0.29, 0.717) is 17.4 Å². The number of ether oxygens (including phenoxy) is 2.